The van der Waals surface area contributed by atoms with Gasteiger partial charge in [-0.25, -0.2) is 9.97 Å². The summed E-state index contributed by atoms with van der Waals surface area (Å²) in [6.45, 7) is 5.99. The Morgan fingerprint density at radius 2 is 2.00 bits per heavy atom. The molecule has 2 aromatic heterocycles. The van der Waals surface area contributed by atoms with E-state index in [1.165, 1.54) is 0 Å². The van der Waals surface area contributed by atoms with Crippen LogP contribution < -0.4 is 16.0 Å². The van der Waals surface area contributed by atoms with Crippen LogP contribution in [-0.4, -0.2) is 45.3 Å². The molecule has 2 aromatic rings. The van der Waals surface area contributed by atoms with Crippen molar-refractivity contribution >= 4 is 17.5 Å². The number of carbonyl (C=O) groups excluding carboxylic acids is 1. The van der Waals surface area contributed by atoms with E-state index >= 15 is 0 Å². The summed E-state index contributed by atoms with van der Waals surface area (Å²) >= 11 is 0. The topological polar surface area (TPSA) is 96.8 Å². The van der Waals surface area contributed by atoms with Crippen molar-refractivity contribution in [2.75, 3.05) is 30.3 Å². The van der Waals surface area contributed by atoms with Gasteiger partial charge in [-0.3, -0.25) is 9.48 Å². The predicted octanol–water partition coefficient (Wildman–Crippen LogP) is 0.642. The number of nitrogens with zero attached hydrogens (tertiary/aromatic N) is 4. The molecule has 0 fully saturated rings. The van der Waals surface area contributed by atoms with E-state index in [1.807, 2.05) is 19.9 Å². The fraction of sp³-hybridized carbons (Fsp3) is 0.429. The third kappa shape index (κ3) is 5.04. The molecule has 0 saturated heterocycles. The first kappa shape index (κ1) is 15.7. The highest BCUT2D eigenvalue weighted by atomic mass is 16.2. The molecule has 0 atom stereocenters. The summed E-state index contributed by atoms with van der Waals surface area (Å²) in [6.07, 6.45) is 3.40. The van der Waals surface area contributed by atoms with Gasteiger partial charge >= 0.3 is 0 Å². The lowest BCUT2D eigenvalue weighted by Gasteiger charge is -2.10. The Hall–Kier alpha value is -2.64. The molecule has 0 spiro atoms. The van der Waals surface area contributed by atoms with Gasteiger partial charge in [-0.05, 0) is 19.9 Å². The number of anilines is 2. The van der Waals surface area contributed by atoms with Crippen LogP contribution in [0.1, 0.15) is 12.7 Å². The summed E-state index contributed by atoms with van der Waals surface area (Å²) in [6, 6.07) is 3.64. The van der Waals surface area contributed by atoms with Crippen LogP contribution in [0.4, 0.5) is 11.6 Å². The minimum absolute atomic E-state index is 0.0716. The predicted molar refractivity (Wildman–Crippen MR) is 84.7 cm³/mol. The Kier molecular flexibility index (Phi) is 5.70. The molecule has 0 bridgehead atoms. The molecule has 0 radical (unpaired) electrons. The summed E-state index contributed by atoms with van der Waals surface area (Å²) in [5.74, 6) is 2.16. The second kappa shape index (κ2) is 7.96. The maximum Gasteiger partial charge on any atom is 0.241 e. The van der Waals surface area contributed by atoms with Crippen molar-refractivity contribution < 1.29 is 4.79 Å². The first-order valence-corrected chi connectivity index (χ1v) is 7.25. The van der Waals surface area contributed by atoms with Gasteiger partial charge in [-0.2, -0.15) is 5.10 Å². The van der Waals surface area contributed by atoms with E-state index in [1.54, 1.807) is 23.1 Å². The van der Waals surface area contributed by atoms with Crippen molar-refractivity contribution in [1.29, 1.82) is 0 Å². The maximum atomic E-state index is 11.7. The molecule has 0 aliphatic heterocycles. The Balaban J connectivity index is 1.73. The lowest BCUT2D eigenvalue weighted by molar-refractivity contribution is -0.121. The molecule has 2 rings (SSSR count). The van der Waals surface area contributed by atoms with Crippen LogP contribution in [0.25, 0.3) is 0 Å². The fourth-order valence-electron chi connectivity index (χ4n) is 1.92. The molecule has 3 N–H and O–H groups in total. The van der Waals surface area contributed by atoms with E-state index in [0.717, 1.165) is 18.2 Å². The second-order valence-electron chi connectivity index (χ2n) is 4.70. The van der Waals surface area contributed by atoms with E-state index in [0.29, 0.717) is 18.9 Å². The minimum Gasteiger partial charge on any atom is -0.370 e. The number of aryl methyl sites for hydroxylation is 1. The quantitative estimate of drug-likeness (QED) is 0.619. The number of hydrogen-bond acceptors (Lipinski definition) is 6. The molecule has 0 saturated carbocycles. The SMILES string of the molecule is CCNc1cc(NCCNC(=O)Cn2cccn2)nc(C)n1. The second-order valence-corrected chi connectivity index (χ2v) is 4.70. The zero-order valence-corrected chi connectivity index (χ0v) is 12.8. The van der Waals surface area contributed by atoms with Crippen LogP contribution in [0, 0.1) is 6.92 Å². The third-order valence-electron chi connectivity index (χ3n) is 2.81. The van der Waals surface area contributed by atoms with Crippen molar-refractivity contribution in [3.8, 4) is 0 Å². The van der Waals surface area contributed by atoms with E-state index in [2.05, 4.69) is 31.0 Å². The van der Waals surface area contributed by atoms with E-state index in [4.69, 9.17) is 0 Å². The number of amides is 1. The molecule has 8 heteroatoms. The van der Waals surface area contributed by atoms with Crippen molar-refractivity contribution in [1.82, 2.24) is 25.1 Å². The molecule has 8 nitrogen and oxygen atoms in total. The molecule has 1 amide bonds. The number of rotatable bonds is 8. The van der Waals surface area contributed by atoms with Gasteiger partial charge in [-0.15, -0.1) is 0 Å². The highest BCUT2D eigenvalue weighted by Crippen LogP contribution is 2.10. The van der Waals surface area contributed by atoms with Gasteiger partial charge in [0.25, 0.3) is 0 Å². The zero-order valence-electron chi connectivity index (χ0n) is 12.8. The molecule has 2 heterocycles. The summed E-state index contributed by atoms with van der Waals surface area (Å²) in [4.78, 5) is 20.3. The van der Waals surface area contributed by atoms with Gasteiger partial charge < -0.3 is 16.0 Å². The van der Waals surface area contributed by atoms with Crippen LogP contribution in [0.5, 0.6) is 0 Å². The van der Waals surface area contributed by atoms with Crippen LogP contribution in [0.2, 0.25) is 0 Å². The molecule has 0 aliphatic rings. The number of nitrogens with one attached hydrogen (secondary N) is 3. The monoisotopic (exact) mass is 303 g/mol. The molecule has 22 heavy (non-hydrogen) atoms. The summed E-state index contributed by atoms with van der Waals surface area (Å²) in [7, 11) is 0. The molecule has 0 unspecified atom stereocenters. The average Bonchev–Trinajstić information content (AvgIpc) is 2.96. The van der Waals surface area contributed by atoms with Gasteiger partial charge in [0.1, 0.15) is 24.0 Å². The lowest BCUT2D eigenvalue weighted by atomic mass is 10.4. The Labute approximate surface area is 129 Å². The largest absolute Gasteiger partial charge is 0.370 e. The zero-order chi connectivity index (χ0) is 15.8. The van der Waals surface area contributed by atoms with Crippen LogP contribution in [0.15, 0.2) is 24.5 Å². The molecule has 0 aliphatic carbocycles. The van der Waals surface area contributed by atoms with E-state index in [-0.39, 0.29) is 12.5 Å². The minimum atomic E-state index is -0.0716. The lowest BCUT2D eigenvalue weighted by Crippen LogP contribution is -2.31. The van der Waals surface area contributed by atoms with Crippen LogP contribution in [-0.2, 0) is 11.3 Å². The van der Waals surface area contributed by atoms with Gasteiger partial charge in [0.2, 0.25) is 5.91 Å². The fourth-order valence-corrected chi connectivity index (χ4v) is 1.92. The van der Waals surface area contributed by atoms with Crippen molar-refractivity contribution in [2.24, 2.45) is 0 Å². The van der Waals surface area contributed by atoms with Gasteiger partial charge in [0.15, 0.2) is 0 Å². The van der Waals surface area contributed by atoms with Gasteiger partial charge in [0, 0.05) is 38.1 Å². The highest BCUT2D eigenvalue weighted by molar-refractivity contribution is 5.75. The van der Waals surface area contributed by atoms with Crippen molar-refractivity contribution in [3.63, 3.8) is 0 Å². The summed E-state index contributed by atoms with van der Waals surface area (Å²) in [5.41, 5.74) is 0. The van der Waals surface area contributed by atoms with Crippen LogP contribution in [0.3, 0.4) is 0 Å². The molecule has 0 aromatic carbocycles. The first-order chi connectivity index (χ1) is 10.7. The highest BCUT2D eigenvalue weighted by Gasteiger charge is 2.03. The Bertz CT molecular complexity index is 597. The molecule has 118 valence electrons. The standard InChI is InChI=1S/C14H21N7O/c1-3-15-12-9-13(20-11(2)19-12)16-6-7-17-14(22)10-21-8-4-5-18-21/h4-5,8-9H,3,6-7,10H2,1-2H3,(H,17,22)(H2,15,16,19,20). The molecular formula is C14H21N7O. The average molecular weight is 303 g/mol. The number of hydrogen-bond donors (Lipinski definition) is 3. The number of carbonyl (C=O) groups is 1. The normalized spacial score (nSPS) is 10.3. The van der Waals surface area contributed by atoms with Gasteiger partial charge in [-0.1, -0.05) is 0 Å². The van der Waals surface area contributed by atoms with E-state index in [9.17, 15) is 4.79 Å². The number of aromatic nitrogens is 4. The Morgan fingerprint density at radius 1 is 1.23 bits per heavy atom. The van der Waals surface area contributed by atoms with Crippen molar-refractivity contribution in [2.45, 2.75) is 20.4 Å². The summed E-state index contributed by atoms with van der Waals surface area (Å²) < 4.78 is 1.58. The van der Waals surface area contributed by atoms with Crippen molar-refractivity contribution in [3.05, 3.63) is 30.4 Å². The maximum absolute atomic E-state index is 11.7. The molecular weight excluding hydrogens is 282 g/mol. The van der Waals surface area contributed by atoms with Crippen LogP contribution >= 0.6 is 0 Å². The first-order valence-electron chi connectivity index (χ1n) is 7.25. The summed E-state index contributed by atoms with van der Waals surface area (Å²) in [5, 5.41) is 13.1. The smallest absolute Gasteiger partial charge is 0.241 e. The van der Waals surface area contributed by atoms with E-state index < -0.39 is 0 Å². The third-order valence-corrected chi connectivity index (χ3v) is 2.81. The Morgan fingerprint density at radius 3 is 2.68 bits per heavy atom. The van der Waals surface area contributed by atoms with Gasteiger partial charge in [0.05, 0.1) is 0 Å².